The Morgan fingerprint density at radius 1 is 1.36 bits per heavy atom. The largest absolute Gasteiger partial charge is 0.508 e. The van der Waals surface area contributed by atoms with Gasteiger partial charge < -0.3 is 9.84 Å². The van der Waals surface area contributed by atoms with Crippen LogP contribution in [0.2, 0.25) is 0 Å². The van der Waals surface area contributed by atoms with E-state index in [9.17, 15) is 9.90 Å². The van der Waals surface area contributed by atoms with Gasteiger partial charge in [-0.2, -0.15) is 0 Å². The summed E-state index contributed by atoms with van der Waals surface area (Å²) in [5.41, 5.74) is 2.51. The van der Waals surface area contributed by atoms with Gasteiger partial charge in [-0.25, -0.2) is 0 Å². The summed E-state index contributed by atoms with van der Waals surface area (Å²) in [7, 11) is 0. The molecule has 1 aromatic rings. The Morgan fingerprint density at radius 3 is 2.80 bits per heavy atom. The van der Waals surface area contributed by atoms with E-state index in [1.54, 1.807) is 0 Å². The first-order chi connectivity index (χ1) is 12.0. The predicted octanol–water partition coefficient (Wildman–Crippen LogP) is 3.50. The van der Waals surface area contributed by atoms with Gasteiger partial charge in [0, 0.05) is 24.3 Å². The third-order valence-electron chi connectivity index (χ3n) is 6.81. The van der Waals surface area contributed by atoms with Crippen LogP contribution < -0.4 is 0 Å². The Hall–Kier alpha value is -1.39. The van der Waals surface area contributed by atoms with Crippen molar-refractivity contribution in [2.45, 2.75) is 58.1 Å². The van der Waals surface area contributed by atoms with E-state index in [4.69, 9.17) is 4.74 Å². The van der Waals surface area contributed by atoms with Crippen molar-refractivity contribution < 1.29 is 14.6 Å². The number of hydrogen-bond acceptors (Lipinski definition) is 4. The molecule has 0 aromatic heterocycles. The highest BCUT2D eigenvalue weighted by molar-refractivity contribution is 6.04. The van der Waals surface area contributed by atoms with Crippen LogP contribution in [-0.2, 0) is 16.8 Å². The minimum Gasteiger partial charge on any atom is -0.508 e. The van der Waals surface area contributed by atoms with Crippen LogP contribution in [-0.4, -0.2) is 41.5 Å². The highest BCUT2D eigenvalue weighted by Crippen LogP contribution is 2.50. The van der Waals surface area contributed by atoms with Crippen molar-refractivity contribution in [3.8, 4) is 5.75 Å². The van der Waals surface area contributed by atoms with Crippen LogP contribution in [0.5, 0.6) is 5.75 Å². The van der Waals surface area contributed by atoms with Crippen molar-refractivity contribution in [1.82, 2.24) is 4.90 Å². The predicted molar refractivity (Wildman–Crippen MR) is 97.0 cm³/mol. The van der Waals surface area contributed by atoms with Crippen LogP contribution in [0.25, 0.3) is 0 Å². The number of hydrogen-bond donors (Lipinski definition) is 1. The van der Waals surface area contributed by atoms with E-state index in [-0.39, 0.29) is 28.9 Å². The summed E-state index contributed by atoms with van der Waals surface area (Å²) in [6, 6.07) is 3.71. The number of benzene rings is 1. The molecular formula is C21H29NO3. The molecule has 1 heterocycles. The first-order valence-corrected chi connectivity index (χ1v) is 9.68. The molecule has 4 rings (SSSR count). The number of carbonyl (C=O) groups is 1. The Labute approximate surface area is 150 Å². The summed E-state index contributed by atoms with van der Waals surface area (Å²) in [4.78, 5) is 15.8. The zero-order chi connectivity index (χ0) is 17.8. The fourth-order valence-corrected chi connectivity index (χ4v) is 4.81. The molecule has 1 N–H and O–H groups in total. The Balaban J connectivity index is 1.75. The second-order valence-electron chi connectivity index (χ2n) is 8.37. The molecule has 0 amide bonds. The van der Waals surface area contributed by atoms with Gasteiger partial charge in [0.25, 0.3) is 0 Å². The smallest absolute Gasteiger partial charge is 0.180 e. The van der Waals surface area contributed by atoms with Crippen molar-refractivity contribution >= 4 is 5.78 Å². The first-order valence-electron chi connectivity index (χ1n) is 9.68. The van der Waals surface area contributed by atoms with Crippen LogP contribution in [0, 0.1) is 11.8 Å². The molecule has 4 nitrogen and oxygen atoms in total. The lowest BCUT2D eigenvalue weighted by Gasteiger charge is -2.53. The van der Waals surface area contributed by atoms with Gasteiger partial charge in [0.2, 0.25) is 0 Å². The van der Waals surface area contributed by atoms with Crippen molar-refractivity contribution in [2.75, 3.05) is 19.7 Å². The summed E-state index contributed by atoms with van der Waals surface area (Å²) >= 11 is 0. The van der Waals surface area contributed by atoms with Crippen molar-refractivity contribution in [1.29, 1.82) is 0 Å². The van der Waals surface area contributed by atoms with E-state index in [1.807, 2.05) is 19.1 Å². The van der Waals surface area contributed by atoms with Gasteiger partial charge in [-0.1, -0.05) is 13.8 Å². The maximum atomic E-state index is 13.4. The van der Waals surface area contributed by atoms with Gasteiger partial charge in [0.1, 0.15) is 5.75 Å². The van der Waals surface area contributed by atoms with Gasteiger partial charge in [-0.05, 0) is 67.7 Å². The molecule has 25 heavy (non-hydrogen) atoms. The highest BCUT2D eigenvalue weighted by Gasteiger charge is 2.53. The normalized spacial score (nSPS) is 31.9. The fraction of sp³-hybridized carbons (Fsp3) is 0.667. The minimum absolute atomic E-state index is 0.0173. The summed E-state index contributed by atoms with van der Waals surface area (Å²) in [5, 5.41) is 10.5. The number of carbonyl (C=O) groups excluding carboxylic acids is 1. The quantitative estimate of drug-likeness (QED) is 0.889. The number of ether oxygens (including phenoxy) is 1. The van der Waals surface area contributed by atoms with Gasteiger partial charge in [-0.3, -0.25) is 9.69 Å². The Bertz CT molecular complexity index is 697. The molecule has 0 unspecified atom stereocenters. The lowest BCUT2D eigenvalue weighted by molar-refractivity contribution is 0.0264. The Morgan fingerprint density at radius 2 is 2.12 bits per heavy atom. The standard InChI is InChI=1S/C21H29NO3/c1-4-25-12-15-9-16-17(10-18(15)23)21(3)7-8-22(11-14-5-6-14)19(13(21)2)20(16)24/h9-10,13-14,19,23H,4-8,11-12H2,1-3H3/t13-,19-,21+/m0/s1. The average molecular weight is 343 g/mol. The third kappa shape index (κ3) is 2.70. The van der Waals surface area contributed by atoms with E-state index < -0.39 is 0 Å². The molecule has 0 spiro atoms. The van der Waals surface area contributed by atoms with E-state index in [0.29, 0.717) is 13.2 Å². The summed E-state index contributed by atoms with van der Waals surface area (Å²) < 4.78 is 5.47. The number of fused-ring (bicyclic) bond motifs is 4. The van der Waals surface area contributed by atoms with Crippen molar-refractivity contribution in [3.63, 3.8) is 0 Å². The van der Waals surface area contributed by atoms with E-state index in [2.05, 4.69) is 18.7 Å². The number of nitrogens with zero attached hydrogens (tertiary/aromatic N) is 1. The van der Waals surface area contributed by atoms with Crippen LogP contribution >= 0.6 is 0 Å². The summed E-state index contributed by atoms with van der Waals surface area (Å²) in [5.74, 6) is 1.56. The molecule has 2 fully saturated rings. The summed E-state index contributed by atoms with van der Waals surface area (Å²) in [6.45, 7) is 9.42. The maximum absolute atomic E-state index is 13.4. The molecule has 136 valence electrons. The van der Waals surface area contributed by atoms with Crippen LogP contribution in [0.1, 0.15) is 61.5 Å². The van der Waals surface area contributed by atoms with Crippen molar-refractivity contribution in [3.05, 3.63) is 28.8 Å². The number of phenols is 1. The van der Waals surface area contributed by atoms with Gasteiger partial charge in [0.05, 0.1) is 12.6 Å². The summed E-state index contributed by atoms with van der Waals surface area (Å²) in [6.07, 6.45) is 3.67. The molecular weight excluding hydrogens is 314 g/mol. The number of ketones is 1. The molecule has 3 atom stereocenters. The zero-order valence-electron chi connectivity index (χ0n) is 15.5. The molecule has 1 aromatic carbocycles. The van der Waals surface area contributed by atoms with Gasteiger partial charge in [-0.15, -0.1) is 0 Å². The molecule has 2 bridgehead atoms. The first kappa shape index (κ1) is 17.0. The fourth-order valence-electron chi connectivity index (χ4n) is 4.81. The lowest BCUT2D eigenvalue weighted by atomic mass is 9.58. The monoisotopic (exact) mass is 343 g/mol. The van der Waals surface area contributed by atoms with Crippen LogP contribution in [0.15, 0.2) is 12.1 Å². The van der Waals surface area contributed by atoms with E-state index >= 15 is 0 Å². The zero-order valence-corrected chi connectivity index (χ0v) is 15.5. The topological polar surface area (TPSA) is 49.8 Å². The number of rotatable bonds is 5. The molecule has 0 radical (unpaired) electrons. The highest BCUT2D eigenvalue weighted by atomic mass is 16.5. The molecule has 3 aliphatic rings. The second kappa shape index (κ2) is 6.10. The number of piperidine rings is 1. The number of phenolic OH excluding ortho intramolecular Hbond substituents is 1. The Kier molecular flexibility index (Phi) is 4.16. The van der Waals surface area contributed by atoms with Crippen molar-refractivity contribution in [2.24, 2.45) is 11.8 Å². The van der Waals surface area contributed by atoms with Gasteiger partial charge >= 0.3 is 0 Å². The SMILES string of the molecule is CCOCc1cc2c(cc1O)[C@]1(C)CCN(CC3CC3)[C@H](C2=O)[C@@H]1C. The van der Waals surface area contributed by atoms with Crippen LogP contribution in [0.4, 0.5) is 0 Å². The lowest BCUT2D eigenvalue weighted by Crippen LogP contribution is -2.61. The third-order valence-corrected chi connectivity index (χ3v) is 6.81. The minimum atomic E-state index is -0.0460. The molecule has 4 heteroatoms. The van der Waals surface area contributed by atoms with E-state index in [1.165, 1.54) is 12.8 Å². The molecule has 1 saturated carbocycles. The number of likely N-dealkylation sites (tertiary alicyclic amines) is 1. The van der Waals surface area contributed by atoms with Gasteiger partial charge in [0.15, 0.2) is 5.78 Å². The van der Waals surface area contributed by atoms with Crippen LogP contribution in [0.3, 0.4) is 0 Å². The number of Topliss-reactive ketones (excluding diaryl/α,β-unsaturated/α-hetero) is 1. The number of aromatic hydroxyl groups is 1. The van der Waals surface area contributed by atoms with E-state index in [0.717, 1.165) is 42.1 Å². The maximum Gasteiger partial charge on any atom is 0.180 e. The molecule has 1 aliphatic heterocycles. The average Bonchev–Trinajstić information content (AvgIpc) is 3.40. The second-order valence-corrected chi connectivity index (χ2v) is 8.37. The molecule has 2 aliphatic carbocycles. The molecule has 1 saturated heterocycles.